The number of nitrogen functional groups attached to an aromatic ring is 1. The van der Waals surface area contributed by atoms with Crippen LogP contribution in [0.15, 0.2) is 41.7 Å². The number of aromatic nitrogens is 4. The van der Waals surface area contributed by atoms with E-state index in [2.05, 4.69) is 20.0 Å². The van der Waals surface area contributed by atoms with Crippen LogP contribution >= 0.6 is 0 Å². The summed E-state index contributed by atoms with van der Waals surface area (Å²) >= 11 is 0. The van der Waals surface area contributed by atoms with Crippen molar-refractivity contribution in [3.63, 3.8) is 0 Å². The zero-order chi connectivity index (χ0) is 14.9. The minimum absolute atomic E-state index is 0.184. The second-order valence-corrected chi connectivity index (χ2v) is 6.26. The second kappa shape index (κ2) is 5.19. The Kier molecular flexibility index (Phi) is 3.35. The van der Waals surface area contributed by atoms with E-state index >= 15 is 0 Å². The Labute approximate surface area is 121 Å². The van der Waals surface area contributed by atoms with E-state index in [0.717, 1.165) is 5.52 Å². The molecule has 8 nitrogen and oxygen atoms in total. The lowest BCUT2D eigenvalue weighted by Gasteiger charge is -2.06. The molecule has 21 heavy (non-hydrogen) atoms. The molecule has 9 heteroatoms. The van der Waals surface area contributed by atoms with Crippen LogP contribution in [0.25, 0.3) is 10.9 Å². The van der Waals surface area contributed by atoms with Crippen LogP contribution in [0.4, 0.5) is 5.69 Å². The van der Waals surface area contributed by atoms with E-state index in [1.54, 1.807) is 29.1 Å². The summed E-state index contributed by atoms with van der Waals surface area (Å²) in [5, 5.41) is 8.00. The lowest BCUT2D eigenvalue weighted by molar-refractivity contribution is 0.553. The fourth-order valence-electron chi connectivity index (χ4n) is 2.06. The van der Waals surface area contributed by atoms with Crippen molar-refractivity contribution in [2.75, 3.05) is 12.3 Å². The van der Waals surface area contributed by atoms with Crippen LogP contribution in [0.5, 0.6) is 0 Å². The van der Waals surface area contributed by atoms with E-state index in [4.69, 9.17) is 5.73 Å². The molecule has 0 aliphatic heterocycles. The molecule has 0 radical (unpaired) electrons. The summed E-state index contributed by atoms with van der Waals surface area (Å²) in [7, 11) is -3.61. The monoisotopic (exact) mass is 306 g/mol. The number of hydrogen-bond donors (Lipinski definition) is 3. The highest BCUT2D eigenvalue weighted by Gasteiger charge is 2.18. The molecule has 2 heterocycles. The molecular formula is C12H14N6O2S. The Morgan fingerprint density at radius 2 is 2.24 bits per heavy atom. The highest BCUT2D eigenvalue weighted by atomic mass is 32.2. The maximum absolute atomic E-state index is 12.3. The number of rotatable bonds is 5. The van der Waals surface area contributed by atoms with Gasteiger partial charge >= 0.3 is 0 Å². The molecule has 0 saturated carbocycles. The molecule has 3 rings (SSSR count). The summed E-state index contributed by atoms with van der Waals surface area (Å²) in [6, 6.07) is 5.10. The number of nitrogens with one attached hydrogen (secondary N) is 2. The molecule has 0 atom stereocenters. The van der Waals surface area contributed by atoms with Gasteiger partial charge in [-0.2, -0.15) is 0 Å². The second-order valence-electron chi connectivity index (χ2n) is 4.52. The van der Waals surface area contributed by atoms with Gasteiger partial charge in [0.25, 0.3) is 0 Å². The van der Waals surface area contributed by atoms with Crippen molar-refractivity contribution >= 4 is 26.6 Å². The summed E-state index contributed by atoms with van der Waals surface area (Å²) in [6.07, 6.45) is 4.67. The van der Waals surface area contributed by atoms with Crippen LogP contribution in [0, 0.1) is 0 Å². The van der Waals surface area contributed by atoms with Gasteiger partial charge in [0.05, 0.1) is 12.7 Å². The van der Waals surface area contributed by atoms with Crippen LogP contribution in [0.2, 0.25) is 0 Å². The van der Waals surface area contributed by atoms with Gasteiger partial charge in [0.15, 0.2) is 0 Å². The van der Waals surface area contributed by atoms with E-state index in [1.807, 2.05) is 0 Å². The van der Waals surface area contributed by atoms with Gasteiger partial charge < -0.3 is 10.7 Å². The minimum atomic E-state index is -3.61. The number of anilines is 1. The summed E-state index contributed by atoms with van der Waals surface area (Å²) in [5.41, 5.74) is 6.95. The molecule has 0 fully saturated rings. The first kappa shape index (κ1) is 13.6. The smallest absolute Gasteiger partial charge is 0.242 e. The number of aromatic amines is 1. The number of nitrogens with zero attached hydrogens (tertiary/aromatic N) is 3. The average Bonchev–Trinajstić information content (AvgIpc) is 3.07. The maximum Gasteiger partial charge on any atom is 0.242 e. The first-order chi connectivity index (χ1) is 10.1. The predicted octanol–water partition coefficient (Wildman–Crippen LogP) is 0.320. The Morgan fingerprint density at radius 1 is 1.38 bits per heavy atom. The van der Waals surface area contributed by atoms with Crippen LogP contribution in [0.3, 0.4) is 0 Å². The third-order valence-corrected chi connectivity index (χ3v) is 4.56. The SMILES string of the molecule is Nc1ccc2[nH]cc(S(=O)(=O)NCCn3ccnn3)c2c1. The zero-order valence-electron chi connectivity index (χ0n) is 11.0. The first-order valence-electron chi connectivity index (χ1n) is 6.27. The number of nitrogens with two attached hydrogens (primary N) is 1. The van der Waals surface area contributed by atoms with Crippen molar-refractivity contribution in [3.05, 3.63) is 36.8 Å². The topological polar surface area (TPSA) is 119 Å². The number of fused-ring (bicyclic) bond motifs is 1. The molecule has 0 spiro atoms. The molecule has 110 valence electrons. The van der Waals surface area contributed by atoms with Crippen molar-refractivity contribution < 1.29 is 8.42 Å². The predicted molar refractivity (Wildman–Crippen MR) is 77.9 cm³/mol. The van der Waals surface area contributed by atoms with Crippen molar-refractivity contribution in [1.82, 2.24) is 24.7 Å². The van der Waals surface area contributed by atoms with E-state index in [-0.39, 0.29) is 11.4 Å². The summed E-state index contributed by atoms with van der Waals surface area (Å²) in [5.74, 6) is 0. The van der Waals surface area contributed by atoms with Gasteiger partial charge in [0, 0.05) is 35.5 Å². The van der Waals surface area contributed by atoms with E-state index in [1.165, 1.54) is 12.4 Å². The number of benzene rings is 1. The molecular weight excluding hydrogens is 292 g/mol. The molecule has 4 N–H and O–H groups in total. The minimum Gasteiger partial charge on any atom is -0.399 e. The quantitative estimate of drug-likeness (QED) is 0.587. The molecule has 0 aliphatic rings. The average molecular weight is 306 g/mol. The zero-order valence-corrected chi connectivity index (χ0v) is 11.8. The van der Waals surface area contributed by atoms with E-state index in [0.29, 0.717) is 17.6 Å². The van der Waals surface area contributed by atoms with Gasteiger partial charge in [-0.05, 0) is 18.2 Å². The van der Waals surface area contributed by atoms with Crippen LogP contribution in [0.1, 0.15) is 0 Å². The molecule has 2 aromatic heterocycles. The third-order valence-electron chi connectivity index (χ3n) is 3.06. The van der Waals surface area contributed by atoms with E-state index in [9.17, 15) is 8.42 Å². The Hall–Kier alpha value is -2.39. The molecule has 3 aromatic rings. The van der Waals surface area contributed by atoms with Gasteiger partial charge in [0.2, 0.25) is 10.0 Å². The number of hydrogen-bond acceptors (Lipinski definition) is 5. The van der Waals surface area contributed by atoms with E-state index < -0.39 is 10.0 Å². The summed E-state index contributed by atoms with van der Waals surface area (Å²) in [6.45, 7) is 0.629. The fourth-order valence-corrected chi connectivity index (χ4v) is 3.25. The van der Waals surface area contributed by atoms with Crippen LogP contribution in [-0.4, -0.2) is 34.9 Å². The van der Waals surface area contributed by atoms with Crippen LogP contribution < -0.4 is 10.5 Å². The third kappa shape index (κ3) is 2.73. The summed E-state index contributed by atoms with van der Waals surface area (Å²) < 4.78 is 28.7. The maximum atomic E-state index is 12.3. The van der Waals surface area contributed by atoms with Crippen molar-refractivity contribution in [1.29, 1.82) is 0 Å². The first-order valence-corrected chi connectivity index (χ1v) is 7.75. The molecule has 0 saturated heterocycles. The largest absolute Gasteiger partial charge is 0.399 e. The Balaban J connectivity index is 1.81. The van der Waals surface area contributed by atoms with Gasteiger partial charge in [-0.3, -0.25) is 4.68 Å². The summed E-state index contributed by atoms with van der Waals surface area (Å²) in [4.78, 5) is 3.11. The lowest BCUT2D eigenvalue weighted by atomic mass is 10.2. The normalized spacial score (nSPS) is 12.0. The highest BCUT2D eigenvalue weighted by molar-refractivity contribution is 7.89. The number of sulfonamides is 1. The van der Waals surface area contributed by atoms with Crippen molar-refractivity contribution in [3.8, 4) is 0 Å². The van der Waals surface area contributed by atoms with Crippen LogP contribution in [-0.2, 0) is 16.6 Å². The molecule has 1 aromatic carbocycles. The molecule has 0 aliphatic carbocycles. The Morgan fingerprint density at radius 3 is 3.00 bits per heavy atom. The van der Waals surface area contributed by atoms with Gasteiger partial charge in [-0.25, -0.2) is 13.1 Å². The fraction of sp³-hybridized carbons (Fsp3) is 0.167. The van der Waals surface area contributed by atoms with Gasteiger partial charge in [-0.15, -0.1) is 5.10 Å². The highest BCUT2D eigenvalue weighted by Crippen LogP contribution is 2.24. The van der Waals surface area contributed by atoms with Crippen molar-refractivity contribution in [2.45, 2.75) is 11.4 Å². The lowest BCUT2D eigenvalue weighted by Crippen LogP contribution is -2.27. The number of H-pyrrole nitrogens is 1. The molecule has 0 unspecified atom stereocenters. The molecule has 0 amide bonds. The van der Waals surface area contributed by atoms with Gasteiger partial charge in [-0.1, -0.05) is 5.21 Å². The van der Waals surface area contributed by atoms with Crippen molar-refractivity contribution in [2.24, 2.45) is 0 Å². The Bertz CT molecular complexity index is 853. The van der Waals surface area contributed by atoms with Gasteiger partial charge in [0.1, 0.15) is 4.90 Å². The molecule has 0 bridgehead atoms. The standard InChI is InChI=1S/C12H14N6O2S/c13-9-1-2-11-10(7-9)12(8-14-11)21(19,20)16-4-6-18-5-3-15-17-18/h1-3,5,7-8,14,16H,4,6,13H2.